The van der Waals surface area contributed by atoms with Crippen LogP contribution in [-0.4, -0.2) is 20.4 Å². The van der Waals surface area contributed by atoms with E-state index in [1.165, 1.54) is 11.8 Å². The Hall–Kier alpha value is -3.57. The SMILES string of the molecule is Cc1cc(-c2ccc(O)c(C)c2Sc2c(-c3ccc(O)c(C)c3)ccc(O)c2C)ccc1O. The van der Waals surface area contributed by atoms with Gasteiger partial charge >= 0.3 is 0 Å². The zero-order valence-corrected chi connectivity index (χ0v) is 19.8. The molecule has 0 unspecified atom stereocenters. The Kier molecular flexibility index (Phi) is 6.00. The highest BCUT2D eigenvalue weighted by Crippen LogP contribution is 2.47. The molecule has 0 atom stereocenters. The van der Waals surface area contributed by atoms with Crippen molar-refractivity contribution in [2.45, 2.75) is 37.5 Å². The van der Waals surface area contributed by atoms with E-state index < -0.39 is 0 Å². The first-order valence-corrected chi connectivity index (χ1v) is 11.4. The highest BCUT2D eigenvalue weighted by Gasteiger charge is 2.19. The van der Waals surface area contributed by atoms with Crippen LogP contribution in [0.5, 0.6) is 23.0 Å². The zero-order valence-electron chi connectivity index (χ0n) is 19.0. The normalized spacial score (nSPS) is 11.0. The number of benzene rings is 4. The highest BCUT2D eigenvalue weighted by atomic mass is 32.2. The smallest absolute Gasteiger partial charge is 0.119 e. The van der Waals surface area contributed by atoms with Crippen LogP contribution in [0.3, 0.4) is 0 Å². The van der Waals surface area contributed by atoms with Gasteiger partial charge < -0.3 is 20.4 Å². The molecule has 4 aromatic rings. The van der Waals surface area contributed by atoms with E-state index in [1.54, 1.807) is 24.3 Å². The van der Waals surface area contributed by atoms with Crippen molar-refractivity contribution in [1.82, 2.24) is 0 Å². The quantitative estimate of drug-likeness (QED) is 0.259. The molecule has 4 aromatic carbocycles. The minimum atomic E-state index is 0.191. The highest BCUT2D eigenvalue weighted by molar-refractivity contribution is 7.99. The lowest BCUT2D eigenvalue weighted by atomic mass is 10.0. The third-order valence-electron chi connectivity index (χ3n) is 5.97. The monoisotopic (exact) mass is 458 g/mol. The summed E-state index contributed by atoms with van der Waals surface area (Å²) in [6.45, 7) is 7.45. The van der Waals surface area contributed by atoms with E-state index in [4.69, 9.17) is 0 Å². The van der Waals surface area contributed by atoms with Crippen LogP contribution >= 0.6 is 11.8 Å². The van der Waals surface area contributed by atoms with Crippen LogP contribution in [0.2, 0.25) is 0 Å². The third kappa shape index (κ3) is 4.24. The van der Waals surface area contributed by atoms with Crippen LogP contribution in [0.25, 0.3) is 22.3 Å². The van der Waals surface area contributed by atoms with Gasteiger partial charge in [-0.25, -0.2) is 0 Å². The van der Waals surface area contributed by atoms with E-state index in [1.807, 2.05) is 64.1 Å². The first kappa shape index (κ1) is 22.6. The second kappa shape index (κ2) is 8.75. The second-order valence-corrected chi connectivity index (χ2v) is 9.30. The maximum absolute atomic E-state index is 10.5. The average Bonchev–Trinajstić information content (AvgIpc) is 2.78. The van der Waals surface area contributed by atoms with Crippen molar-refractivity contribution in [3.63, 3.8) is 0 Å². The molecule has 0 aliphatic rings. The minimum Gasteiger partial charge on any atom is -0.508 e. The van der Waals surface area contributed by atoms with Crippen LogP contribution in [0.15, 0.2) is 70.5 Å². The first-order valence-electron chi connectivity index (χ1n) is 10.6. The van der Waals surface area contributed by atoms with Crippen molar-refractivity contribution in [3.8, 4) is 45.3 Å². The molecule has 5 heteroatoms. The molecule has 0 saturated heterocycles. The maximum atomic E-state index is 10.5. The second-order valence-electron chi connectivity index (χ2n) is 8.28. The third-order valence-corrected chi connectivity index (χ3v) is 7.43. The van der Waals surface area contributed by atoms with Gasteiger partial charge in [-0.3, -0.25) is 0 Å². The molecular formula is C28H26O4S. The molecule has 0 aromatic heterocycles. The minimum absolute atomic E-state index is 0.191. The van der Waals surface area contributed by atoms with E-state index in [9.17, 15) is 20.4 Å². The fourth-order valence-electron chi connectivity index (χ4n) is 3.83. The van der Waals surface area contributed by atoms with Gasteiger partial charge in [-0.15, -0.1) is 0 Å². The fourth-order valence-corrected chi connectivity index (χ4v) is 5.14. The molecule has 0 aliphatic carbocycles. The zero-order chi connectivity index (χ0) is 23.9. The van der Waals surface area contributed by atoms with Gasteiger partial charge in [-0.05, 0) is 110 Å². The standard InChI is InChI=1S/C28H26O4S/c1-15-13-19(5-9-23(15)29)21-7-11-25(31)17(3)27(21)33-28-18(4)26(32)12-8-22(28)20-6-10-24(30)16(2)14-20/h5-14,29-32H,1-4H3. The number of phenols is 4. The molecule has 0 fully saturated rings. The Labute approximate surface area is 197 Å². The van der Waals surface area contributed by atoms with Crippen LogP contribution in [-0.2, 0) is 0 Å². The summed E-state index contributed by atoms with van der Waals surface area (Å²) in [5, 5.41) is 40.9. The Morgan fingerprint density at radius 2 is 0.848 bits per heavy atom. The predicted molar refractivity (Wildman–Crippen MR) is 133 cm³/mol. The van der Waals surface area contributed by atoms with E-state index in [2.05, 4.69) is 0 Å². The van der Waals surface area contributed by atoms with Gasteiger partial charge in [0.25, 0.3) is 0 Å². The topological polar surface area (TPSA) is 80.9 Å². The number of aromatic hydroxyl groups is 4. The van der Waals surface area contributed by atoms with Crippen molar-refractivity contribution in [1.29, 1.82) is 0 Å². The first-order chi connectivity index (χ1) is 15.7. The summed E-state index contributed by atoms with van der Waals surface area (Å²) in [7, 11) is 0. The lowest BCUT2D eigenvalue weighted by Gasteiger charge is -2.19. The van der Waals surface area contributed by atoms with Gasteiger partial charge in [0.1, 0.15) is 23.0 Å². The number of hydrogen-bond acceptors (Lipinski definition) is 5. The van der Waals surface area contributed by atoms with Crippen molar-refractivity contribution in [2.75, 3.05) is 0 Å². The summed E-state index contributed by atoms with van der Waals surface area (Å²) in [6, 6.07) is 18.0. The van der Waals surface area contributed by atoms with Crippen LogP contribution in [0.1, 0.15) is 22.3 Å². The lowest BCUT2D eigenvalue weighted by molar-refractivity contribution is 0.468. The van der Waals surface area contributed by atoms with E-state index in [-0.39, 0.29) is 23.0 Å². The van der Waals surface area contributed by atoms with E-state index in [0.717, 1.165) is 54.3 Å². The molecule has 0 spiro atoms. The van der Waals surface area contributed by atoms with Gasteiger partial charge in [0, 0.05) is 20.9 Å². The van der Waals surface area contributed by atoms with Gasteiger partial charge in [-0.2, -0.15) is 0 Å². The molecule has 4 rings (SSSR count). The Balaban J connectivity index is 1.92. The lowest BCUT2D eigenvalue weighted by Crippen LogP contribution is -1.93. The molecular weight excluding hydrogens is 432 g/mol. The van der Waals surface area contributed by atoms with Crippen LogP contribution in [0, 0.1) is 27.7 Å². The molecule has 33 heavy (non-hydrogen) atoms. The largest absolute Gasteiger partial charge is 0.508 e. The van der Waals surface area contributed by atoms with Crippen LogP contribution in [0.4, 0.5) is 0 Å². The summed E-state index contributed by atoms with van der Waals surface area (Å²) in [6.07, 6.45) is 0. The van der Waals surface area contributed by atoms with Gasteiger partial charge in [0.15, 0.2) is 0 Å². The summed E-state index contributed by atoms with van der Waals surface area (Å²) >= 11 is 1.49. The Morgan fingerprint density at radius 1 is 0.485 bits per heavy atom. The van der Waals surface area contributed by atoms with E-state index in [0.29, 0.717) is 0 Å². The van der Waals surface area contributed by atoms with Crippen LogP contribution < -0.4 is 0 Å². The summed E-state index contributed by atoms with van der Waals surface area (Å²) in [5.74, 6) is 0.850. The van der Waals surface area contributed by atoms with Gasteiger partial charge in [0.2, 0.25) is 0 Å². The summed E-state index contributed by atoms with van der Waals surface area (Å²) < 4.78 is 0. The molecule has 0 bridgehead atoms. The number of aryl methyl sites for hydroxylation is 2. The average molecular weight is 459 g/mol. The molecule has 4 nitrogen and oxygen atoms in total. The number of phenolic OH excluding ortho intramolecular Hbond substituents is 4. The number of rotatable bonds is 4. The van der Waals surface area contributed by atoms with Gasteiger partial charge in [-0.1, -0.05) is 23.9 Å². The molecule has 168 valence electrons. The molecule has 0 radical (unpaired) electrons. The molecule has 4 N–H and O–H groups in total. The van der Waals surface area contributed by atoms with Crippen molar-refractivity contribution >= 4 is 11.8 Å². The van der Waals surface area contributed by atoms with Crippen molar-refractivity contribution < 1.29 is 20.4 Å². The van der Waals surface area contributed by atoms with Gasteiger partial charge in [0.05, 0.1) is 0 Å². The summed E-state index contributed by atoms with van der Waals surface area (Å²) in [4.78, 5) is 1.73. The molecule has 0 saturated carbocycles. The molecule has 0 heterocycles. The van der Waals surface area contributed by atoms with E-state index >= 15 is 0 Å². The van der Waals surface area contributed by atoms with Crippen molar-refractivity contribution in [2.24, 2.45) is 0 Å². The van der Waals surface area contributed by atoms with Crippen molar-refractivity contribution in [3.05, 3.63) is 82.9 Å². The fraction of sp³-hybridized carbons (Fsp3) is 0.143. The summed E-state index contributed by atoms with van der Waals surface area (Å²) in [5.41, 5.74) is 6.71. The molecule has 0 amide bonds. The number of hydrogen-bond donors (Lipinski definition) is 4. The molecule has 0 aliphatic heterocycles. The predicted octanol–water partition coefficient (Wildman–Crippen LogP) is 7.23. The Morgan fingerprint density at radius 3 is 1.21 bits per heavy atom. The Bertz CT molecular complexity index is 1270. The maximum Gasteiger partial charge on any atom is 0.119 e.